The molecular weight excluding hydrogens is 278 g/mol. The Balaban J connectivity index is 1.58. The van der Waals surface area contributed by atoms with Crippen molar-refractivity contribution in [2.45, 2.75) is 31.5 Å². The van der Waals surface area contributed by atoms with Crippen LogP contribution in [0, 0.1) is 11.6 Å². The Bertz CT molecular complexity index is 631. The number of aromatic nitrogens is 3. The van der Waals surface area contributed by atoms with Crippen molar-refractivity contribution in [3.8, 4) is 0 Å². The van der Waals surface area contributed by atoms with Crippen molar-refractivity contribution in [3.05, 3.63) is 47.5 Å². The predicted octanol–water partition coefficient (Wildman–Crippen LogP) is 1.19. The van der Waals surface area contributed by atoms with Crippen molar-refractivity contribution in [2.75, 3.05) is 6.54 Å². The van der Waals surface area contributed by atoms with Gasteiger partial charge in [0.2, 0.25) is 0 Å². The average molecular weight is 294 g/mol. The quantitative estimate of drug-likeness (QED) is 0.889. The van der Waals surface area contributed by atoms with Crippen molar-refractivity contribution in [2.24, 2.45) is 0 Å². The zero-order valence-corrected chi connectivity index (χ0v) is 11.3. The van der Waals surface area contributed by atoms with Gasteiger partial charge in [-0.3, -0.25) is 0 Å². The molecule has 0 saturated heterocycles. The Morgan fingerprint density at radius 3 is 3.10 bits per heavy atom. The van der Waals surface area contributed by atoms with Gasteiger partial charge >= 0.3 is 0 Å². The van der Waals surface area contributed by atoms with E-state index in [0.29, 0.717) is 6.54 Å². The van der Waals surface area contributed by atoms with E-state index in [4.69, 9.17) is 0 Å². The fraction of sp³-hybridized carbons (Fsp3) is 0.429. The summed E-state index contributed by atoms with van der Waals surface area (Å²) in [5.74, 6) is -0.424. The SMILES string of the molecule is O[C@H](CN[C@@H]1CCc2ncnn2C1)c1ccc(F)cc1F. The fourth-order valence-corrected chi connectivity index (χ4v) is 2.56. The van der Waals surface area contributed by atoms with Gasteiger partial charge in [-0.1, -0.05) is 6.07 Å². The first-order valence-corrected chi connectivity index (χ1v) is 6.86. The number of hydrogen-bond acceptors (Lipinski definition) is 4. The number of aliphatic hydroxyl groups is 1. The van der Waals surface area contributed by atoms with Gasteiger partial charge in [0.1, 0.15) is 23.8 Å². The van der Waals surface area contributed by atoms with Crippen LogP contribution in [0.1, 0.15) is 23.9 Å². The van der Waals surface area contributed by atoms with Gasteiger partial charge in [0.05, 0.1) is 12.6 Å². The van der Waals surface area contributed by atoms with Gasteiger partial charge in [-0.25, -0.2) is 18.4 Å². The summed E-state index contributed by atoms with van der Waals surface area (Å²) in [7, 11) is 0. The number of nitrogens with one attached hydrogen (secondary N) is 1. The smallest absolute Gasteiger partial charge is 0.138 e. The Morgan fingerprint density at radius 1 is 1.43 bits per heavy atom. The third kappa shape index (κ3) is 3.08. The third-order valence-electron chi connectivity index (χ3n) is 3.73. The Labute approximate surface area is 120 Å². The molecule has 0 radical (unpaired) electrons. The highest BCUT2D eigenvalue weighted by Crippen LogP contribution is 2.18. The molecule has 0 fully saturated rings. The monoisotopic (exact) mass is 294 g/mol. The van der Waals surface area contributed by atoms with E-state index in [1.807, 2.05) is 4.68 Å². The van der Waals surface area contributed by atoms with Crippen LogP contribution in [0.15, 0.2) is 24.5 Å². The van der Waals surface area contributed by atoms with E-state index in [2.05, 4.69) is 15.4 Å². The fourth-order valence-electron chi connectivity index (χ4n) is 2.56. The first-order valence-electron chi connectivity index (χ1n) is 6.86. The van der Waals surface area contributed by atoms with E-state index in [-0.39, 0.29) is 18.2 Å². The Morgan fingerprint density at radius 2 is 2.29 bits per heavy atom. The molecule has 2 heterocycles. The van der Waals surface area contributed by atoms with Crippen LogP contribution in [0.25, 0.3) is 0 Å². The maximum Gasteiger partial charge on any atom is 0.138 e. The van der Waals surface area contributed by atoms with Gasteiger partial charge in [0.15, 0.2) is 0 Å². The second-order valence-electron chi connectivity index (χ2n) is 5.18. The summed E-state index contributed by atoms with van der Waals surface area (Å²) in [4.78, 5) is 4.14. The molecule has 0 saturated carbocycles. The third-order valence-corrected chi connectivity index (χ3v) is 3.73. The molecule has 7 heteroatoms. The highest BCUT2D eigenvalue weighted by molar-refractivity contribution is 5.21. The zero-order valence-electron chi connectivity index (χ0n) is 11.3. The molecule has 0 unspecified atom stereocenters. The van der Waals surface area contributed by atoms with Gasteiger partial charge in [0.25, 0.3) is 0 Å². The number of fused-ring (bicyclic) bond motifs is 1. The molecule has 2 aromatic rings. The number of aliphatic hydroxyl groups excluding tert-OH is 1. The molecule has 112 valence electrons. The van der Waals surface area contributed by atoms with Crippen LogP contribution in [-0.2, 0) is 13.0 Å². The standard InChI is InChI=1S/C14H16F2N4O/c15-9-1-3-11(12(16)5-9)13(21)6-17-10-2-4-14-18-8-19-20(14)7-10/h1,3,5,8,10,13,17,21H,2,4,6-7H2/t10-,13-/m1/s1. The van der Waals surface area contributed by atoms with Crippen LogP contribution in [-0.4, -0.2) is 32.5 Å². The van der Waals surface area contributed by atoms with Crippen molar-refractivity contribution < 1.29 is 13.9 Å². The lowest BCUT2D eigenvalue weighted by molar-refractivity contribution is 0.160. The highest BCUT2D eigenvalue weighted by Gasteiger charge is 2.21. The Hall–Kier alpha value is -1.86. The van der Waals surface area contributed by atoms with Crippen LogP contribution < -0.4 is 5.32 Å². The van der Waals surface area contributed by atoms with Crippen LogP contribution in [0.2, 0.25) is 0 Å². The lowest BCUT2D eigenvalue weighted by Gasteiger charge is -2.25. The molecule has 2 atom stereocenters. The first-order chi connectivity index (χ1) is 10.1. The maximum absolute atomic E-state index is 13.6. The molecule has 1 aliphatic rings. The lowest BCUT2D eigenvalue weighted by Crippen LogP contribution is -2.39. The molecule has 1 aromatic carbocycles. The van der Waals surface area contributed by atoms with Gasteiger partial charge < -0.3 is 10.4 Å². The second-order valence-corrected chi connectivity index (χ2v) is 5.18. The van der Waals surface area contributed by atoms with Gasteiger partial charge in [0, 0.05) is 30.6 Å². The van der Waals surface area contributed by atoms with Crippen LogP contribution >= 0.6 is 0 Å². The number of hydrogen-bond donors (Lipinski definition) is 2. The Kier molecular flexibility index (Phi) is 3.94. The molecular formula is C14H16F2N4O. The highest BCUT2D eigenvalue weighted by atomic mass is 19.1. The zero-order chi connectivity index (χ0) is 14.8. The van der Waals surface area contributed by atoms with Crippen molar-refractivity contribution in [1.82, 2.24) is 20.1 Å². The van der Waals surface area contributed by atoms with E-state index in [9.17, 15) is 13.9 Å². The minimum atomic E-state index is -1.01. The molecule has 5 nitrogen and oxygen atoms in total. The number of aryl methyl sites for hydroxylation is 1. The van der Waals surface area contributed by atoms with E-state index < -0.39 is 17.7 Å². The topological polar surface area (TPSA) is 63.0 Å². The number of rotatable bonds is 4. The normalized spacial score (nSPS) is 19.3. The van der Waals surface area contributed by atoms with Crippen molar-refractivity contribution >= 4 is 0 Å². The molecule has 0 amide bonds. The van der Waals surface area contributed by atoms with Crippen molar-refractivity contribution in [3.63, 3.8) is 0 Å². The molecule has 2 N–H and O–H groups in total. The molecule has 1 aromatic heterocycles. The lowest BCUT2D eigenvalue weighted by atomic mass is 10.1. The summed E-state index contributed by atoms with van der Waals surface area (Å²) in [5.41, 5.74) is 0.0983. The van der Waals surface area contributed by atoms with Crippen molar-refractivity contribution in [1.29, 1.82) is 0 Å². The molecule has 3 rings (SSSR count). The maximum atomic E-state index is 13.6. The van der Waals surface area contributed by atoms with Crippen LogP contribution in [0.5, 0.6) is 0 Å². The summed E-state index contributed by atoms with van der Waals surface area (Å²) < 4.78 is 28.2. The first kappa shape index (κ1) is 14.1. The van der Waals surface area contributed by atoms with Crippen LogP contribution in [0.4, 0.5) is 8.78 Å². The minimum Gasteiger partial charge on any atom is -0.387 e. The summed E-state index contributed by atoms with van der Waals surface area (Å²) >= 11 is 0. The number of halogens is 2. The van der Waals surface area contributed by atoms with E-state index in [1.54, 1.807) is 0 Å². The van der Waals surface area contributed by atoms with E-state index >= 15 is 0 Å². The van der Waals surface area contributed by atoms with E-state index in [0.717, 1.165) is 30.8 Å². The number of benzene rings is 1. The minimum absolute atomic E-state index is 0.0983. The molecule has 21 heavy (non-hydrogen) atoms. The van der Waals surface area contributed by atoms with Gasteiger partial charge in [-0.2, -0.15) is 5.10 Å². The predicted molar refractivity (Wildman–Crippen MR) is 71.5 cm³/mol. The largest absolute Gasteiger partial charge is 0.387 e. The van der Waals surface area contributed by atoms with Gasteiger partial charge in [-0.15, -0.1) is 0 Å². The number of nitrogens with zero attached hydrogens (tertiary/aromatic N) is 3. The second kappa shape index (κ2) is 5.87. The average Bonchev–Trinajstić information content (AvgIpc) is 2.92. The van der Waals surface area contributed by atoms with E-state index in [1.165, 1.54) is 12.4 Å². The van der Waals surface area contributed by atoms with Gasteiger partial charge in [-0.05, 0) is 12.5 Å². The summed E-state index contributed by atoms with van der Waals surface area (Å²) in [6.45, 7) is 0.880. The molecule has 0 aliphatic carbocycles. The summed E-state index contributed by atoms with van der Waals surface area (Å²) in [6, 6.07) is 3.34. The molecule has 0 bridgehead atoms. The summed E-state index contributed by atoms with van der Waals surface area (Å²) in [6.07, 6.45) is 2.22. The van der Waals surface area contributed by atoms with Crippen LogP contribution in [0.3, 0.4) is 0 Å². The summed E-state index contributed by atoms with van der Waals surface area (Å²) in [5, 5.41) is 17.3. The molecule has 1 aliphatic heterocycles. The molecule has 0 spiro atoms.